The topological polar surface area (TPSA) is 78.5 Å². The molecule has 0 saturated heterocycles. The molecular formula is C20H23N3O3. The maximum Gasteiger partial charge on any atom is 0.241 e. The van der Waals surface area contributed by atoms with E-state index in [0.29, 0.717) is 17.1 Å². The Labute approximate surface area is 153 Å². The van der Waals surface area contributed by atoms with Crippen molar-refractivity contribution in [2.75, 3.05) is 22.6 Å². The molecule has 3 amide bonds. The van der Waals surface area contributed by atoms with Crippen LogP contribution in [0.2, 0.25) is 0 Å². The van der Waals surface area contributed by atoms with Gasteiger partial charge in [0.1, 0.15) is 5.41 Å². The van der Waals surface area contributed by atoms with E-state index in [-0.39, 0.29) is 11.8 Å². The molecule has 2 aromatic carbocycles. The summed E-state index contributed by atoms with van der Waals surface area (Å²) in [7, 11) is 1.64. The number of nitrogens with zero attached hydrogens (tertiary/aromatic N) is 1. The highest BCUT2D eigenvalue weighted by atomic mass is 16.2. The second kappa shape index (κ2) is 7.82. The van der Waals surface area contributed by atoms with E-state index in [1.165, 1.54) is 11.8 Å². The molecule has 0 heterocycles. The molecule has 2 aromatic rings. The third-order valence-electron chi connectivity index (χ3n) is 3.99. The van der Waals surface area contributed by atoms with Gasteiger partial charge in [0.15, 0.2) is 0 Å². The SMILES string of the molecule is CC(=O)Nc1cccc(NC(=O)C(C)(C)C(=O)N(C)c2ccccc2)c1. The summed E-state index contributed by atoms with van der Waals surface area (Å²) in [6.45, 7) is 4.58. The standard InChI is InChI=1S/C20H23N3O3/c1-14(24)21-15-9-8-10-16(13-15)22-18(25)20(2,3)19(26)23(4)17-11-6-5-7-12-17/h5-13H,1-4H3,(H,21,24)(H,22,25). The summed E-state index contributed by atoms with van der Waals surface area (Å²) in [5.74, 6) is -0.946. The van der Waals surface area contributed by atoms with Gasteiger partial charge in [0, 0.05) is 31.0 Å². The van der Waals surface area contributed by atoms with Crippen LogP contribution in [0.25, 0.3) is 0 Å². The molecule has 0 aliphatic rings. The zero-order valence-electron chi connectivity index (χ0n) is 15.4. The van der Waals surface area contributed by atoms with Gasteiger partial charge in [-0.1, -0.05) is 24.3 Å². The maximum absolute atomic E-state index is 12.8. The van der Waals surface area contributed by atoms with Crippen molar-refractivity contribution < 1.29 is 14.4 Å². The summed E-state index contributed by atoms with van der Waals surface area (Å²) < 4.78 is 0. The highest BCUT2D eigenvalue weighted by Gasteiger charge is 2.38. The van der Waals surface area contributed by atoms with E-state index in [1.54, 1.807) is 45.2 Å². The smallest absolute Gasteiger partial charge is 0.241 e. The Morgan fingerprint density at radius 3 is 2.04 bits per heavy atom. The van der Waals surface area contributed by atoms with Gasteiger partial charge in [0.2, 0.25) is 17.7 Å². The van der Waals surface area contributed by atoms with Gasteiger partial charge in [-0.25, -0.2) is 0 Å². The number of rotatable bonds is 5. The third-order valence-corrected chi connectivity index (χ3v) is 3.99. The molecule has 6 nitrogen and oxygen atoms in total. The number of para-hydroxylation sites is 1. The van der Waals surface area contributed by atoms with Gasteiger partial charge in [-0.3, -0.25) is 14.4 Å². The lowest BCUT2D eigenvalue weighted by molar-refractivity contribution is -0.136. The zero-order chi connectivity index (χ0) is 19.3. The summed E-state index contributed by atoms with van der Waals surface area (Å²) >= 11 is 0. The van der Waals surface area contributed by atoms with Crippen molar-refractivity contribution in [3.63, 3.8) is 0 Å². The molecule has 0 atom stereocenters. The molecule has 0 aliphatic carbocycles. The molecule has 0 spiro atoms. The van der Waals surface area contributed by atoms with Crippen molar-refractivity contribution in [2.45, 2.75) is 20.8 Å². The van der Waals surface area contributed by atoms with Crippen molar-refractivity contribution >= 4 is 34.8 Å². The van der Waals surface area contributed by atoms with E-state index >= 15 is 0 Å². The van der Waals surface area contributed by atoms with Gasteiger partial charge in [-0.05, 0) is 44.2 Å². The molecule has 0 saturated carbocycles. The largest absolute Gasteiger partial charge is 0.326 e. The van der Waals surface area contributed by atoms with Gasteiger partial charge < -0.3 is 15.5 Å². The Kier molecular flexibility index (Phi) is 5.77. The molecule has 2 rings (SSSR count). The quantitative estimate of drug-likeness (QED) is 0.810. The van der Waals surface area contributed by atoms with Crippen LogP contribution in [-0.2, 0) is 14.4 Å². The maximum atomic E-state index is 12.8. The normalized spacial score (nSPS) is 10.8. The van der Waals surface area contributed by atoms with E-state index < -0.39 is 11.3 Å². The number of anilines is 3. The van der Waals surface area contributed by atoms with Gasteiger partial charge >= 0.3 is 0 Å². The average Bonchev–Trinajstić information content (AvgIpc) is 2.60. The van der Waals surface area contributed by atoms with Crippen LogP contribution in [0.3, 0.4) is 0 Å². The molecule has 0 unspecified atom stereocenters. The van der Waals surface area contributed by atoms with Crippen LogP contribution < -0.4 is 15.5 Å². The van der Waals surface area contributed by atoms with Crippen molar-refractivity contribution in [2.24, 2.45) is 5.41 Å². The fraction of sp³-hybridized carbons (Fsp3) is 0.250. The summed E-state index contributed by atoms with van der Waals surface area (Å²) in [4.78, 5) is 38.1. The molecule has 0 aliphatic heterocycles. The number of carbonyl (C=O) groups is 3. The highest BCUT2D eigenvalue weighted by Crippen LogP contribution is 2.25. The lowest BCUT2D eigenvalue weighted by atomic mass is 9.90. The zero-order valence-corrected chi connectivity index (χ0v) is 15.4. The van der Waals surface area contributed by atoms with Crippen LogP contribution >= 0.6 is 0 Å². The Morgan fingerprint density at radius 1 is 0.885 bits per heavy atom. The van der Waals surface area contributed by atoms with Gasteiger partial charge in [-0.2, -0.15) is 0 Å². The van der Waals surface area contributed by atoms with Crippen LogP contribution in [0.4, 0.5) is 17.1 Å². The summed E-state index contributed by atoms with van der Waals surface area (Å²) in [5.41, 5.74) is 0.519. The fourth-order valence-corrected chi connectivity index (χ4v) is 2.45. The summed E-state index contributed by atoms with van der Waals surface area (Å²) in [6.07, 6.45) is 0. The predicted octanol–water partition coefficient (Wildman–Crippen LogP) is 3.27. The number of carbonyl (C=O) groups excluding carboxylic acids is 3. The number of nitrogens with one attached hydrogen (secondary N) is 2. The molecule has 2 N–H and O–H groups in total. The van der Waals surface area contributed by atoms with Crippen molar-refractivity contribution in [1.82, 2.24) is 0 Å². The van der Waals surface area contributed by atoms with Crippen LogP contribution in [0, 0.1) is 5.41 Å². The van der Waals surface area contributed by atoms with Crippen molar-refractivity contribution in [3.05, 3.63) is 54.6 Å². The van der Waals surface area contributed by atoms with E-state index in [0.717, 1.165) is 0 Å². The van der Waals surface area contributed by atoms with E-state index in [9.17, 15) is 14.4 Å². The fourth-order valence-electron chi connectivity index (χ4n) is 2.45. The van der Waals surface area contributed by atoms with Gasteiger partial charge in [0.05, 0.1) is 0 Å². The first-order valence-corrected chi connectivity index (χ1v) is 8.24. The molecule has 0 radical (unpaired) electrons. The average molecular weight is 353 g/mol. The first kappa shape index (κ1) is 19.2. The van der Waals surface area contributed by atoms with Crippen LogP contribution in [0.5, 0.6) is 0 Å². The molecule has 6 heteroatoms. The molecule has 136 valence electrons. The highest BCUT2D eigenvalue weighted by molar-refractivity contribution is 6.14. The van der Waals surface area contributed by atoms with E-state index in [2.05, 4.69) is 10.6 Å². The lowest BCUT2D eigenvalue weighted by Gasteiger charge is -2.28. The second-order valence-corrected chi connectivity index (χ2v) is 6.54. The third kappa shape index (κ3) is 4.47. The van der Waals surface area contributed by atoms with Crippen LogP contribution in [0.1, 0.15) is 20.8 Å². The second-order valence-electron chi connectivity index (χ2n) is 6.54. The molecule has 0 fully saturated rings. The van der Waals surface area contributed by atoms with E-state index in [4.69, 9.17) is 0 Å². The van der Waals surface area contributed by atoms with E-state index in [1.807, 2.05) is 30.3 Å². The van der Waals surface area contributed by atoms with Gasteiger partial charge in [-0.15, -0.1) is 0 Å². The number of hydrogen-bond donors (Lipinski definition) is 2. The molecular weight excluding hydrogens is 330 g/mol. The van der Waals surface area contributed by atoms with Gasteiger partial charge in [0.25, 0.3) is 0 Å². The van der Waals surface area contributed by atoms with Crippen LogP contribution in [0.15, 0.2) is 54.6 Å². The molecule has 0 aromatic heterocycles. The van der Waals surface area contributed by atoms with Crippen molar-refractivity contribution in [1.29, 1.82) is 0 Å². The molecule has 0 bridgehead atoms. The first-order chi connectivity index (χ1) is 12.2. The van der Waals surface area contributed by atoms with Crippen molar-refractivity contribution in [3.8, 4) is 0 Å². The minimum atomic E-state index is -1.27. The minimum Gasteiger partial charge on any atom is -0.326 e. The lowest BCUT2D eigenvalue weighted by Crippen LogP contribution is -2.46. The Hall–Kier alpha value is -3.15. The summed E-state index contributed by atoms with van der Waals surface area (Å²) in [5, 5.41) is 5.40. The minimum absolute atomic E-state index is 0.200. The first-order valence-electron chi connectivity index (χ1n) is 8.24. The Morgan fingerprint density at radius 2 is 1.46 bits per heavy atom. The predicted molar refractivity (Wildman–Crippen MR) is 103 cm³/mol. The number of amides is 3. The molecule has 26 heavy (non-hydrogen) atoms. The summed E-state index contributed by atoms with van der Waals surface area (Å²) in [6, 6.07) is 15.9. The Balaban J connectivity index is 2.14. The number of benzene rings is 2. The Bertz CT molecular complexity index is 816. The number of hydrogen-bond acceptors (Lipinski definition) is 3. The van der Waals surface area contributed by atoms with Crippen LogP contribution in [-0.4, -0.2) is 24.8 Å². The monoisotopic (exact) mass is 353 g/mol.